The Labute approximate surface area is 164 Å². The quantitative estimate of drug-likeness (QED) is 0.728. The first-order valence-corrected chi connectivity index (χ1v) is 10.1. The number of hydrogen-bond acceptors (Lipinski definition) is 7. The van der Waals surface area contributed by atoms with Gasteiger partial charge in [-0.3, -0.25) is 4.79 Å². The van der Waals surface area contributed by atoms with Crippen LogP contribution < -0.4 is 10.2 Å². The van der Waals surface area contributed by atoms with E-state index in [2.05, 4.69) is 25.3 Å². The molecule has 8 nitrogen and oxygen atoms in total. The second kappa shape index (κ2) is 9.16. The van der Waals surface area contributed by atoms with E-state index in [0.717, 1.165) is 50.5 Å². The van der Waals surface area contributed by atoms with Crippen LogP contribution in [0.2, 0.25) is 0 Å². The van der Waals surface area contributed by atoms with Gasteiger partial charge >= 0.3 is 11.8 Å². The maximum absolute atomic E-state index is 12.2. The third-order valence-corrected chi connectivity index (χ3v) is 5.26. The van der Waals surface area contributed by atoms with Gasteiger partial charge in [-0.1, -0.05) is 5.16 Å². The van der Waals surface area contributed by atoms with Gasteiger partial charge in [-0.15, -0.1) is 0 Å². The third kappa shape index (κ3) is 4.69. The lowest BCUT2D eigenvalue weighted by Crippen LogP contribution is -2.36. The number of amides is 1. The number of ether oxygens (including phenoxy) is 1. The topological polar surface area (TPSA) is 83.7 Å². The van der Waals surface area contributed by atoms with Gasteiger partial charge in [0.15, 0.2) is 0 Å². The standard InChI is InChI=1S/C20H27N5O3/c26-19(21-8-3-11-24-9-1-2-10-24)20-22-18(23-28-20)16-4-6-17(7-5-16)25-12-14-27-15-13-25/h4-7H,1-3,8-15H2,(H,21,26). The Morgan fingerprint density at radius 3 is 2.57 bits per heavy atom. The molecule has 2 aromatic rings. The molecule has 0 spiro atoms. The van der Waals surface area contributed by atoms with Crippen LogP contribution in [-0.4, -0.2) is 73.4 Å². The lowest BCUT2D eigenvalue weighted by atomic mass is 10.2. The highest BCUT2D eigenvalue weighted by molar-refractivity contribution is 5.89. The molecule has 0 radical (unpaired) electrons. The minimum Gasteiger partial charge on any atom is -0.378 e. The van der Waals surface area contributed by atoms with Gasteiger partial charge in [0, 0.05) is 30.9 Å². The van der Waals surface area contributed by atoms with E-state index in [4.69, 9.17) is 9.26 Å². The van der Waals surface area contributed by atoms with Crippen molar-refractivity contribution in [2.24, 2.45) is 0 Å². The monoisotopic (exact) mass is 385 g/mol. The van der Waals surface area contributed by atoms with E-state index in [9.17, 15) is 4.79 Å². The van der Waals surface area contributed by atoms with Crippen molar-refractivity contribution in [1.82, 2.24) is 20.4 Å². The molecule has 0 unspecified atom stereocenters. The predicted molar refractivity (Wildman–Crippen MR) is 105 cm³/mol. The zero-order chi connectivity index (χ0) is 19.2. The van der Waals surface area contributed by atoms with Crippen molar-refractivity contribution in [2.45, 2.75) is 19.3 Å². The van der Waals surface area contributed by atoms with Crippen LogP contribution in [0.1, 0.15) is 29.9 Å². The van der Waals surface area contributed by atoms with E-state index in [1.807, 2.05) is 24.3 Å². The van der Waals surface area contributed by atoms with E-state index >= 15 is 0 Å². The number of morpholine rings is 1. The molecule has 2 aliphatic heterocycles. The van der Waals surface area contributed by atoms with Crippen molar-refractivity contribution >= 4 is 11.6 Å². The number of anilines is 1. The van der Waals surface area contributed by atoms with Crippen LogP contribution in [0, 0.1) is 0 Å². The van der Waals surface area contributed by atoms with Crippen LogP contribution >= 0.6 is 0 Å². The zero-order valence-electron chi connectivity index (χ0n) is 16.1. The van der Waals surface area contributed by atoms with E-state index in [-0.39, 0.29) is 11.8 Å². The molecule has 0 bridgehead atoms. The summed E-state index contributed by atoms with van der Waals surface area (Å²) in [5.41, 5.74) is 1.97. The molecule has 8 heteroatoms. The number of nitrogens with zero attached hydrogens (tertiary/aromatic N) is 4. The van der Waals surface area contributed by atoms with Crippen molar-refractivity contribution in [3.63, 3.8) is 0 Å². The normalized spacial score (nSPS) is 17.8. The number of likely N-dealkylation sites (tertiary alicyclic amines) is 1. The first-order chi connectivity index (χ1) is 13.8. The lowest BCUT2D eigenvalue weighted by Gasteiger charge is -2.28. The van der Waals surface area contributed by atoms with Crippen molar-refractivity contribution in [3.8, 4) is 11.4 Å². The Balaban J connectivity index is 1.28. The Hall–Kier alpha value is -2.45. The Morgan fingerprint density at radius 2 is 1.82 bits per heavy atom. The molecule has 0 saturated carbocycles. The average molecular weight is 385 g/mol. The van der Waals surface area contributed by atoms with E-state index in [1.54, 1.807) is 0 Å². The van der Waals surface area contributed by atoms with Crippen molar-refractivity contribution in [3.05, 3.63) is 30.2 Å². The molecule has 3 heterocycles. The van der Waals surface area contributed by atoms with Crippen LogP contribution in [0.5, 0.6) is 0 Å². The van der Waals surface area contributed by atoms with Gasteiger partial charge in [0.1, 0.15) is 0 Å². The average Bonchev–Trinajstić information content (AvgIpc) is 3.44. The molecular weight excluding hydrogens is 358 g/mol. The Kier molecular flexibility index (Phi) is 6.18. The molecule has 4 rings (SSSR count). The van der Waals surface area contributed by atoms with Crippen LogP contribution in [-0.2, 0) is 4.74 Å². The van der Waals surface area contributed by atoms with Gasteiger partial charge < -0.3 is 24.4 Å². The van der Waals surface area contributed by atoms with Crippen LogP contribution in [0.4, 0.5) is 5.69 Å². The summed E-state index contributed by atoms with van der Waals surface area (Å²) in [6.07, 6.45) is 3.49. The molecule has 150 valence electrons. The Morgan fingerprint density at radius 1 is 1.07 bits per heavy atom. The summed E-state index contributed by atoms with van der Waals surface area (Å²) < 4.78 is 10.5. The summed E-state index contributed by atoms with van der Waals surface area (Å²) in [6.45, 7) is 7.27. The summed E-state index contributed by atoms with van der Waals surface area (Å²) in [5, 5.41) is 6.81. The molecule has 2 fully saturated rings. The van der Waals surface area contributed by atoms with Gasteiger partial charge in [0.05, 0.1) is 13.2 Å². The van der Waals surface area contributed by atoms with Crippen molar-refractivity contribution in [1.29, 1.82) is 0 Å². The van der Waals surface area contributed by atoms with E-state index in [0.29, 0.717) is 12.4 Å². The molecule has 28 heavy (non-hydrogen) atoms. The third-order valence-electron chi connectivity index (χ3n) is 5.26. The maximum Gasteiger partial charge on any atom is 0.316 e. The second-order valence-corrected chi connectivity index (χ2v) is 7.23. The highest BCUT2D eigenvalue weighted by Gasteiger charge is 2.17. The smallest absolute Gasteiger partial charge is 0.316 e. The summed E-state index contributed by atoms with van der Waals surface area (Å²) in [5.74, 6) is 0.120. The van der Waals surface area contributed by atoms with E-state index in [1.165, 1.54) is 25.9 Å². The van der Waals surface area contributed by atoms with E-state index < -0.39 is 0 Å². The van der Waals surface area contributed by atoms with Gasteiger partial charge in [-0.05, 0) is 63.2 Å². The second-order valence-electron chi connectivity index (χ2n) is 7.23. The summed E-state index contributed by atoms with van der Waals surface area (Å²) in [4.78, 5) is 21.2. The fourth-order valence-electron chi connectivity index (χ4n) is 3.66. The number of carbonyl (C=O) groups is 1. The highest BCUT2D eigenvalue weighted by Crippen LogP contribution is 2.22. The minimum absolute atomic E-state index is 0.00780. The number of carbonyl (C=O) groups excluding carboxylic acids is 1. The number of rotatable bonds is 7. The minimum atomic E-state index is -0.315. The van der Waals surface area contributed by atoms with Gasteiger partial charge in [-0.25, -0.2) is 0 Å². The van der Waals surface area contributed by atoms with Crippen LogP contribution in [0.3, 0.4) is 0 Å². The molecule has 1 aromatic heterocycles. The summed E-state index contributed by atoms with van der Waals surface area (Å²) >= 11 is 0. The molecule has 1 aromatic carbocycles. The summed E-state index contributed by atoms with van der Waals surface area (Å²) in [7, 11) is 0. The molecule has 0 aliphatic carbocycles. The largest absolute Gasteiger partial charge is 0.378 e. The number of aromatic nitrogens is 2. The molecule has 2 aliphatic rings. The first kappa shape index (κ1) is 18.9. The number of benzene rings is 1. The molecule has 2 saturated heterocycles. The summed E-state index contributed by atoms with van der Waals surface area (Å²) in [6, 6.07) is 7.98. The van der Waals surface area contributed by atoms with Crippen LogP contribution in [0.15, 0.2) is 28.8 Å². The SMILES string of the molecule is O=C(NCCCN1CCCC1)c1nc(-c2ccc(N3CCOCC3)cc2)no1. The van der Waals surface area contributed by atoms with Gasteiger partial charge in [-0.2, -0.15) is 4.98 Å². The van der Waals surface area contributed by atoms with Gasteiger partial charge in [0.25, 0.3) is 0 Å². The fourth-order valence-corrected chi connectivity index (χ4v) is 3.66. The Bertz CT molecular complexity index is 764. The first-order valence-electron chi connectivity index (χ1n) is 10.1. The fraction of sp³-hybridized carbons (Fsp3) is 0.550. The van der Waals surface area contributed by atoms with Crippen molar-refractivity contribution < 1.29 is 14.1 Å². The lowest BCUT2D eigenvalue weighted by molar-refractivity contribution is 0.0908. The zero-order valence-corrected chi connectivity index (χ0v) is 16.1. The molecular formula is C20H27N5O3. The highest BCUT2D eigenvalue weighted by atomic mass is 16.5. The molecule has 1 amide bonds. The number of hydrogen-bond donors (Lipinski definition) is 1. The maximum atomic E-state index is 12.2. The number of nitrogens with one attached hydrogen (secondary N) is 1. The van der Waals surface area contributed by atoms with Gasteiger partial charge in [0.2, 0.25) is 5.82 Å². The van der Waals surface area contributed by atoms with Crippen LogP contribution in [0.25, 0.3) is 11.4 Å². The predicted octanol–water partition coefficient (Wildman–Crippen LogP) is 1.79. The molecule has 0 atom stereocenters. The molecule has 1 N–H and O–H groups in total. The van der Waals surface area contributed by atoms with Crippen molar-refractivity contribution in [2.75, 3.05) is 57.4 Å².